The second kappa shape index (κ2) is 18.6. The molecule has 0 fully saturated rings. The van der Waals surface area contributed by atoms with E-state index in [-0.39, 0.29) is 20.1 Å². The van der Waals surface area contributed by atoms with Crippen molar-refractivity contribution in [1.29, 1.82) is 0 Å². The standard InChI is InChI=1S/C37H27N4O.C22H26NSi.Ir/c1-22-9-7-10-23(2)32(22)30-20-18-28-27-13-8-14-29(35(27)42-37(28)40-30)36-39-31-19-17-26-16-15-24(3)38-33(26)34(31)41(36)21-25-11-5-4-6-12-25;1-16(2)12-20-14-21(23-15-22(20)24(3,4)5)19-11-10-17-8-6-7-9-18(17)13-19;/h4-13,15-20H,21H2,1-3H3;6-10,13-16H,12H2,1-5H3;/q2*-1;. The van der Waals surface area contributed by atoms with Crippen molar-refractivity contribution in [1.82, 2.24) is 24.5 Å². The Hall–Kier alpha value is -6.57. The van der Waals surface area contributed by atoms with E-state index in [4.69, 9.17) is 24.4 Å². The van der Waals surface area contributed by atoms with Crippen molar-refractivity contribution >= 4 is 68.0 Å². The minimum Gasteiger partial charge on any atom is -0.486 e. The summed E-state index contributed by atoms with van der Waals surface area (Å²) in [4.78, 5) is 19.9. The summed E-state index contributed by atoms with van der Waals surface area (Å²) >= 11 is 0. The minimum absolute atomic E-state index is 0. The molecule has 11 aromatic rings. The zero-order valence-electron chi connectivity index (χ0n) is 39.3. The monoisotopic (exact) mass is 1070 g/mol. The van der Waals surface area contributed by atoms with E-state index in [1.807, 2.05) is 19.1 Å². The molecule has 0 bridgehead atoms. The molecule has 0 amide bonds. The van der Waals surface area contributed by atoms with E-state index in [0.29, 0.717) is 18.2 Å². The molecule has 0 aliphatic rings. The van der Waals surface area contributed by atoms with Gasteiger partial charge in [0.15, 0.2) is 0 Å². The number of hydrogen-bond donors (Lipinski definition) is 0. The molecule has 5 heterocycles. The zero-order valence-corrected chi connectivity index (χ0v) is 42.7. The number of aryl methyl sites for hydroxylation is 3. The summed E-state index contributed by atoms with van der Waals surface area (Å²) in [5.74, 6) is 1.44. The molecule has 0 spiro atoms. The molecular weight excluding hydrogens is 1010 g/mol. The third-order valence-electron chi connectivity index (χ3n) is 12.5. The molecular formula is C59H53IrN5OSi-2. The van der Waals surface area contributed by atoms with Gasteiger partial charge in [-0.1, -0.05) is 146 Å². The predicted molar refractivity (Wildman–Crippen MR) is 277 cm³/mol. The molecule has 0 unspecified atom stereocenters. The van der Waals surface area contributed by atoms with Crippen LogP contribution in [0, 0.1) is 38.8 Å². The molecule has 0 N–H and O–H groups in total. The van der Waals surface area contributed by atoms with E-state index in [1.54, 1.807) is 0 Å². The Labute approximate surface area is 407 Å². The van der Waals surface area contributed by atoms with Crippen LogP contribution in [0.4, 0.5) is 0 Å². The summed E-state index contributed by atoms with van der Waals surface area (Å²) in [7, 11) is -1.38. The topological polar surface area (TPSA) is 69.6 Å². The van der Waals surface area contributed by atoms with Crippen LogP contribution < -0.4 is 5.19 Å². The molecule has 5 aromatic heterocycles. The SMILES string of the molecule is CC(C)Cc1cc(-c2[c-]cc3ccccc3c2)ncc1[Si](C)(C)C.Cc1ccc2ccc3nc(-c4[c-]ccc5c4oc4nc(-c6c(C)cccc6C)ccc45)n(Cc4ccccc4)c3c2n1.[Ir]. The average molecular weight is 1070 g/mol. The molecule has 0 atom stereocenters. The summed E-state index contributed by atoms with van der Waals surface area (Å²) in [5.41, 5.74) is 15.2. The van der Waals surface area contributed by atoms with E-state index in [0.717, 1.165) is 84.3 Å². The number of aromatic nitrogens is 5. The summed E-state index contributed by atoms with van der Waals surface area (Å²) in [6, 6.07) is 55.2. The van der Waals surface area contributed by atoms with Crippen LogP contribution in [0.15, 0.2) is 150 Å². The number of furan rings is 1. The Balaban J connectivity index is 0.000000192. The number of rotatable bonds is 8. The summed E-state index contributed by atoms with van der Waals surface area (Å²) < 4.78 is 8.83. The quantitative estimate of drug-likeness (QED) is 0.112. The van der Waals surface area contributed by atoms with Crippen LogP contribution in [-0.4, -0.2) is 32.6 Å². The molecule has 335 valence electrons. The van der Waals surface area contributed by atoms with Crippen molar-refractivity contribution < 1.29 is 24.5 Å². The number of imidazole rings is 1. The van der Waals surface area contributed by atoms with Crippen molar-refractivity contribution in [3.8, 4) is 33.9 Å². The maximum Gasteiger partial charge on any atom is 0.216 e. The first-order chi connectivity index (χ1) is 31.9. The maximum absolute atomic E-state index is 6.58. The van der Waals surface area contributed by atoms with Gasteiger partial charge in [-0.05, 0) is 84.9 Å². The van der Waals surface area contributed by atoms with Crippen molar-refractivity contribution in [3.63, 3.8) is 0 Å². The molecule has 0 aliphatic carbocycles. The summed E-state index contributed by atoms with van der Waals surface area (Å²) in [5, 5.41) is 7.01. The van der Waals surface area contributed by atoms with E-state index in [1.165, 1.54) is 38.2 Å². The fraction of sp³-hybridized carbons (Fsp3) is 0.186. The number of hydrogen-bond acceptors (Lipinski definition) is 5. The van der Waals surface area contributed by atoms with Gasteiger partial charge in [0.1, 0.15) is 0 Å². The van der Waals surface area contributed by atoms with Gasteiger partial charge in [-0.15, -0.1) is 47.3 Å². The van der Waals surface area contributed by atoms with E-state index < -0.39 is 8.07 Å². The molecule has 1 radical (unpaired) electrons. The van der Waals surface area contributed by atoms with Crippen LogP contribution in [0.25, 0.3) is 88.7 Å². The van der Waals surface area contributed by atoms with Gasteiger partial charge in [0, 0.05) is 54.9 Å². The second-order valence-electron chi connectivity index (χ2n) is 19.0. The predicted octanol–water partition coefficient (Wildman–Crippen LogP) is 14.4. The van der Waals surface area contributed by atoms with Gasteiger partial charge in [0.25, 0.3) is 0 Å². The van der Waals surface area contributed by atoms with E-state index in [2.05, 4.69) is 198 Å². The van der Waals surface area contributed by atoms with Crippen LogP contribution in [-0.2, 0) is 33.1 Å². The van der Waals surface area contributed by atoms with Crippen molar-refractivity contribution in [2.24, 2.45) is 5.92 Å². The van der Waals surface area contributed by atoms with E-state index in [9.17, 15) is 0 Å². The van der Waals surface area contributed by atoms with Crippen molar-refractivity contribution in [2.45, 2.75) is 67.2 Å². The molecule has 8 heteroatoms. The summed E-state index contributed by atoms with van der Waals surface area (Å²) in [6.07, 6.45) is 3.24. The Bertz CT molecular complexity index is 3590. The minimum atomic E-state index is -1.38. The largest absolute Gasteiger partial charge is 0.486 e. The second-order valence-corrected chi connectivity index (χ2v) is 24.1. The summed E-state index contributed by atoms with van der Waals surface area (Å²) in [6.45, 7) is 18.7. The van der Waals surface area contributed by atoms with Crippen LogP contribution in [0.5, 0.6) is 0 Å². The first-order valence-corrected chi connectivity index (χ1v) is 26.4. The Morgan fingerprint density at radius 2 is 1.43 bits per heavy atom. The molecule has 0 saturated carbocycles. The Kier molecular flexibility index (Phi) is 12.7. The Morgan fingerprint density at radius 1 is 0.687 bits per heavy atom. The van der Waals surface area contributed by atoms with Gasteiger partial charge < -0.3 is 14.0 Å². The zero-order chi connectivity index (χ0) is 45.7. The average Bonchev–Trinajstić information content (AvgIpc) is 3.87. The maximum atomic E-state index is 6.58. The van der Waals surface area contributed by atoms with Gasteiger partial charge >= 0.3 is 0 Å². The van der Waals surface area contributed by atoms with Crippen molar-refractivity contribution in [2.75, 3.05) is 0 Å². The Morgan fingerprint density at radius 3 is 2.19 bits per heavy atom. The van der Waals surface area contributed by atoms with E-state index >= 15 is 0 Å². The van der Waals surface area contributed by atoms with Crippen LogP contribution >= 0.6 is 0 Å². The normalized spacial score (nSPS) is 11.7. The number of pyridine rings is 3. The first kappa shape index (κ1) is 45.6. The van der Waals surface area contributed by atoms with Crippen LogP contribution in [0.2, 0.25) is 19.6 Å². The number of nitrogens with zero attached hydrogens (tertiary/aromatic N) is 5. The van der Waals surface area contributed by atoms with Crippen LogP contribution in [0.1, 0.15) is 41.8 Å². The van der Waals surface area contributed by atoms with Gasteiger partial charge in [0.2, 0.25) is 5.71 Å². The molecule has 67 heavy (non-hydrogen) atoms. The smallest absolute Gasteiger partial charge is 0.216 e. The molecule has 6 nitrogen and oxygen atoms in total. The first-order valence-electron chi connectivity index (χ1n) is 22.9. The van der Waals surface area contributed by atoms with Gasteiger partial charge in [-0.25, -0.2) is 4.98 Å². The third kappa shape index (κ3) is 9.02. The van der Waals surface area contributed by atoms with Gasteiger partial charge in [-0.2, -0.15) is 0 Å². The molecule has 0 aliphatic heterocycles. The van der Waals surface area contributed by atoms with Gasteiger partial charge in [-0.3, -0.25) is 9.97 Å². The third-order valence-corrected chi connectivity index (χ3v) is 14.6. The fourth-order valence-electron chi connectivity index (χ4n) is 9.36. The van der Waals surface area contributed by atoms with Gasteiger partial charge in [0.05, 0.1) is 41.7 Å². The van der Waals surface area contributed by atoms with Crippen molar-refractivity contribution in [3.05, 3.63) is 186 Å². The van der Waals surface area contributed by atoms with Crippen LogP contribution in [0.3, 0.4) is 0 Å². The number of benzene rings is 6. The molecule has 6 aromatic carbocycles. The number of fused-ring (bicyclic) bond motifs is 7. The molecule has 11 rings (SSSR count). The molecule has 0 saturated heterocycles. The fourth-order valence-corrected chi connectivity index (χ4v) is 10.9.